The van der Waals surface area contributed by atoms with E-state index in [0.29, 0.717) is 19.5 Å². The molecule has 1 saturated heterocycles. The summed E-state index contributed by atoms with van der Waals surface area (Å²) in [7, 11) is 0. The van der Waals surface area contributed by atoms with Crippen LogP contribution in [0.5, 0.6) is 0 Å². The number of aliphatic hydroxyl groups excluding tert-OH is 1. The summed E-state index contributed by atoms with van der Waals surface area (Å²) in [5.74, 6) is 0. The average molecular weight is 273 g/mol. The van der Waals surface area contributed by atoms with Crippen molar-refractivity contribution in [2.45, 2.75) is 32.4 Å². The Morgan fingerprint density at radius 2 is 2.25 bits per heavy atom. The minimum atomic E-state index is -0.210. The SMILES string of the molecule is CCc1cc2ncc([C@H](C)N3CC(O)C3)cc2[nH]c1=O. The average Bonchev–Trinajstić information content (AvgIpc) is 2.41. The molecule has 0 amide bonds. The van der Waals surface area contributed by atoms with Crippen LogP contribution in [0.2, 0.25) is 0 Å². The molecule has 1 aliphatic rings. The Bertz CT molecular complexity index is 689. The first-order valence-electron chi connectivity index (χ1n) is 7.02. The maximum Gasteiger partial charge on any atom is 0.251 e. The number of aromatic amines is 1. The molecule has 2 aromatic rings. The van der Waals surface area contributed by atoms with Gasteiger partial charge >= 0.3 is 0 Å². The summed E-state index contributed by atoms with van der Waals surface area (Å²) in [4.78, 5) is 21.4. The number of nitrogens with one attached hydrogen (secondary N) is 1. The molecular formula is C15H19N3O2. The van der Waals surface area contributed by atoms with Gasteiger partial charge < -0.3 is 10.1 Å². The van der Waals surface area contributed by atoms with Crippen molar-refractivity contribution in [1.82, 2.24) is 14.9 Å². The molecule has 0 radical (unpaired) electrons. The number of aryl methyl sites for hydroxylation is 1. The van der Waals surface area contributed by atoms with Gasteiger partial charge in [-0.3, -0.25) is 14.7 Å². The number of pyridine rings is 2. The molecule has 106 valence electrons. The lowest BCUT2D eigenvalue weighted by atomic mass is 10.0. The van der Waals surface area contributed by atoms with Gasteiger partial charge in [-0.1, -0.05) is 6.92 Å². The van der Waals surface area contributed by atoms with Crippen LogP contribution in [-0.2, 0) is 6.42 Å². The zero-order chi connectivity index (χ0) is 14.3. The summed E-state index contributed by atoms with van der Waals surface area (Å²) in [5.41, 5.74) is 3.38. The smallest absolute Gasteiger partial charge is 0.251 e. The van der Waals surface area contributed by atoms with E-state index in [-0.39, 0.29) is 17.7 Å². The van der Waals surface area contributed by atoms with E-state index in [0.717, 1.165) is 22.2 Å². The first-order chi connectivity index (χ1) is 9.58. The molecule has 0 unspecified atom stereocenters. The molecule has 0 aromatic carbocycles. The van der Waals surface area contributed by atoms with Gasteiger partial charge in [-0.15, -0.1) is 0 Å². The van der Waals surface area contributed by atoms with Gasteiger partial charge in [0.25, 0.3) is 5.56 Å². The molecule has 20 heavy (non-hydrogen) atoms. The normalized spacial score (nSPS) is 18.1. The standard InChI is InChI=1S/C15H19N3O2/c1-3-10-4-13-14(17-15(10)20)5-11(6-16-13)9(2)18-7-12(19)8-18/h4-6,9,12,19H,3,7-8H2,1-2H3,(H,17,20)/t9-/m0/s1. The van der Waals surface area contributed by atoms with Gasteiger partial charge in [-0.05, 0) is 31.0 Å². The highest BCUT2D eigenvalue weighted by atomic mass is 16.3. The van der Waals surface area contributed by atoms with Crippen molar-refractivity contribution in [3.05, 3.63) is 39.8 Å². The number of nitrogens with zero attached hydrogens (tertiary/aromatic N) is 2. The predicted molar refractivity (Wildman–Crippen MR) is 77.7 cm³/mol. The molecule has 5 heteroatoms. The van der Waals surface area contributed by atoms with Crippen LogP contribution in [0.25, 0.3) is 11.0 Å². The molecule has 1 aliphatic heterocycles. The summed E-state index contributed by atoms with van der Waals surface area (Å²) < 4.78 is 0. The van der Waals surface area contributed by atoms with Gasteiger partial charge in [-0.2, -0.15) is 0 Å². The molecule has 2 N–H and O–H groups in total. The van der Waals surface area contributed by atoms with Crippen molar-refractivity contribution in [1.29, 1.82) is 0 Å². The maximum atomic E-state index is 11.9. The molecule has 3 rings (SSSR count). The number of β-amino-alcohol motifs (C(OH)–C–C–N with tert-alkyl or cyclic N) is 1. The van der Waals surface area contributed by atoms with E-state index in [2.05, 4.69) is 21.8 Å². The monoisotopic (exact) mass is 273 g/mol. The van der Waals surface area contributed by atoms with Gasteiger partial charge in [0.1, 0.15) is 0 Å². The van der Waals surface area contributed by atoms with Crippen LogP contribution in [0.15, 0.2) is 23.1 Å². The second-order valence-corrected chi connectivity index (χ2v) is 5.46. The van der Waals surface area contributed by atoms with Crippen LogP contribution in [0.1, 0.15) is 31.0 Å². The Kier molecular flexibility index (Phi) is 3.31. The molecule has 0 aliphatic carbocycles. The van der Waals surface area contributed by atoms with E-state index in [1.54, 1.807) is 0 Å². The summed E-state index contributed by atoms with van der Waals surface area (Å²) in [6.45, 7) is 5.45. The summed E-state index contributed by atoms with van der Waals surface area (Å²) >= 11 is 0. The third-order valence-corrected chi connectivity index (χ3v) is 4.09. The largest absolute Gasteiger partial charge is 0.390 e. The fourth-order valence-electron chi connectivity index (χ4n) is 2.65. The van der Waals surface area contributed by atoms with Crippen molar-refractivity contribution < 1.29 is 5.11 Å². The predicted octanol–water partition coefficient (Wildman–Crippen LogP) is 1.22. The molecule has 2 aromatic heterocycles. The summed E-state index contributed by atoms with van der Waals surface area (Å²) in [6, 6.07) is 4.04. The zero-order valence-corrected chi connectivity index (χ0v) is 11.8. The van der Waals surface area contributed by atoms with Gasteiger partial charge in [0, 0.05) is 30.9 Å². The minimum absolute atomic E-state index is 0.0361. The minimum Gasteiger partial charge on any atom is -0.390 e. The van der Waals surface area contributed by atoms with Crippen molar-refractivity contribution in [3.63, 3.8) is 0 Å². The molecule has 0 spiro atoms. The van der Waals surface area contributed by atoms with Crippen molar-refractivity contribution >= 4 is 11.0 Å². The number of rotatable bonds is 3. The van der Waals surface area contributed by atoms with E-state index >= 15 is 0 Å². The fraction of sp³-hybridized carbons (Fsp3) is 0.467. The third kappa shape index (κ3) is 2.23. The molecular weight excluding hydrogens is 254 g/mol. The number of hydrogen-bond acceptors (Lipinski definition) is 4. The lowest BCUT2D eigenvalue weighted by Crippen LogP contribution is -2.51. The van der Waals surface area contributed by atoms with Crippen molar-refractivity contribution in [2.24, 2.45) is 0 Å². The van der Waals surface area contributed by atoms with E-state index in [9.17, 15) is 9.90 Å². The second kappa shape index (κ2) is 5.00. The molecule has 1 fully saturated rings. The van der Waals surface area contributed by atoms with Crippen LogP contribution in [0.3, 0.4) is 0 Å². The Balaban J connectivity index is 1.96. The third-order valence-electron chi connectivity index (χ3n) is 4.09. The van der Waals surface area contributed by atoms with Crippen LogP contribution in [-0.4, -0.2) is 39.2 Å². The fourth-order valence-corrected chi connectivity index (χ4v) is 2.65. The van der Waals surface area contributed by atoms with E-state index in [4.69, 9.17) is 0 Å². The van der Waals surface area contributed by atoms with E-state index in [1.165, 1.54) is 0 Å². The second-order valence-electron chi connectivity index (χ2n) is 5.46. The molecule has 5 nitrogen and oxygen atoms in total. The number of likely N-dealkylation sites (tertiary alicyclic amines) is 1. The number of H-pyrrole nitrogens is 1. The van der Waals surface area contributed by atoms with Crippen LogP contribution < -0.4 is 5.56 Å². The molecule has 0 saturated carbocycles. The lowest BCUT2D eigenvalue weighted by molar-refractivity contribution is -0.0211. The highest BCUT2D eigenvalue weighted by molar-refractivity contribution is 5.75. The molecule has 3 heterocycles. The number of hydrogen-bond donors (Lipinski definition) is 2. The molecule has 0 bridgehead atoms. The Hall–Kier alpha value is -1.72. The Morgan fingerprint density at radius 1 is 1.50 bits per heavy atom. The summed E-state index contributed by atoms with van der Waals surface area (Å²) in [5, 5.41) is 9.38. The quantitative estimate of drug-likeness (QED) is 0.882. The number of fused-ring (bicyclic) bond motifs is 1. The van der Waals surface area contributed by atoms with Gasteiger partial charge in [0.2, 0.25) is 0 Å². The Morgan fingerprint density at radius 3 is 2.90 bits per heavy atom. The molecule has 1 atom stereocenters. The van der Waals surface area contributed by atoms with E-state index in [1.807, 2.05) is 25.3 Å². The summed E-state index contributed by atoms with van der Waals surface area (Å²) in [6.07, 6.45) is 2.35. The number of aliphatic hydroxyl groups is 1. The lowest BCUT2D eigenvalue weighted by Gasteiger charge is -2.40. The first-order valence-corrected chi connectivity index (χ1v) is 7.02. The van der Waals surface area contributed by atoms with E-state index < -0.39 is 0 Å². The maximum absolute atomic E-state index is 11.9. The van der Waals surface area contributed by atoms with Crippen LogP contribution >= 0.6 is 0 Å². The van der Waals surface area contributed by atoms with Gasteiger partial charge in [0.05, 0.1) is 17.1 Å². The highest BCUT2D eigenvalue weighted by Gasteiger charge is 2.29. The van der Waals surface area contributed by atoms with Gasteiger partial charge in [-0.25, -0.2) is 0 Å². The number of aromatic nitrogens is 2. The van der Waals surface area contributed by atoms with Gasteiger partial charge in [0.15, 0.2) is 0 Å². The highest BCUT2D eigenvalue weighted by Crippen LogP contribution is 2.26. The van der Waals surface area contributed by atoms with Crippen molar-refractivity contribution in [2.75, 3.05) is 13.1 Å². The van der Waals surface area contributed by atoms with Crippen molar-refractivity contribution in [3.8, 4) is 0 Å². The Labute approximate surface area is 117 Å². The van der Waals surface area contributed by atoms with Crippen LogP contribution in [0, 0.1) is 0 Å². The van der Waals surface area contributed by atoms with Crippen LogP contribution in [0.4, 0.5) is 0 Å². The first kappa shape index (κ1) is 13.3. The zero-order valence-electron chi connectivity index (χ0n) is 11.8. The topological polar surface area (TPSA) is 69.2 Å².